The monoisotopic (exact) mass is 260 g/mol. The van der Waals surface area contributed by atoms with Crippen molar-refractivity contribution in [2.75, 3.05) is 19.6 Å². The van der Waals surface area contributed by atoms with Crippen LogP contribution >= 0.6 is 0 Å². The van der Waals surface area contributed by atoms with Crippen molar-refractivity contribution in [3.05, 3.63) is 35.4 Å². The Bertz CT molecular complexity index is 411. The second-order valence-electron chi connectivity index (χ2n) is 5.20. The predicted molar refractivity (Wildman–Crippen MR) is 78.4 cm³/mol. The van der Waals surface area contributed by atoms with E-state index in [9.17, 15) is 4.79 Å². The topological polar surface area (TPSA) is 32.3 Å². The molecular weight excluding hydrogens is 236 g/mol. The zero-order chi connectivity index (χ0) is 13.7. The van der Waals surface area contributed by atoms with Crippen molar-refractivity contribution in [2.24, 2.45) is 0 Å². The molecule has 1 N–H and O–H groups in total. The van der Waals surface area contributed by atoms with Crippen LogP contribution in [0.3, 0.4) is 0 Å². The summed E-state index contributed by atoms with van der Waals surface area (Å²) in [7, 11) is 0. The molecule has 0 aromatic heterocycles. The number of nitrogens with zero attached hydrogens (tertiary/aromatic N) is 1. The summed E-state index contributed by atoms with van der Waals surface area (Å²) in [6, 6.07) is 8.48. The number of benzene rings is 1. The fraction of sp³-hybridized carbons (Fsp3) is 0.562. The van der Waals surface area contributed by atoms with Gasteiger partial charge in [-0.15, -0.1) is 0 Å². The first-order chi connectivity index (χ1) is 9.24. The fourth-order valence-corrected chi connectivity index (χ4v) is 2.68. The highest BCUT2D eigenvalue weighted by Gasteiger charge is 2.23. The summed E-state index contributed by atoms with van der Waals surface area (Å²) in [5.41, 5.74) is 2.09. The molecule has 1 unspecified atom stereocenters. The number of aryl methyl sites for hydroxylation is 1. The van der Waals surface area contributed by atoms with E-state index in [1.807, 2.05) is 17.0 Å². The third-order valence-corrected chi connectivity index (χ3v) is 3.81. The minimum absolute atomic E-state index is 0.172. The second-order valence-corrected chi connectivity index (χ2v) is 5.20. The van der Waals surface area contributed by atoms with E-state index >= 15 is 0 Å². The summed E-state index contributed by atoms with van der Waals surface area (Å²) in [5.74, 6) is 0.172. The molecule has 3 heteroatoms. The second kappa shape index (κ2) is 6.71. The minimum Gasteiger partial charge on any atom is -0.337 e. The average molecular weight is 260 g/mol. The number of likely N-dealkylation sites (N-methyl/N-ethyl adjacent to an activating group) is 1. The van der Waals surface area contributed by atoms with Crippen LogP contribution in [-0.2, 0) is 6.42 Å². The lowest BCUT2D eigenvalue weighted by Crippen LogP contribution is -2.47. The Kier molecular flexibility index (Phi) is 4.97. The molecule has 0 spiro atoms. The van der Waals surface area contributed by atoms with Crippen LogP contribution in [0, 0.1) is 0 Å². The van der Waals surface area contributed by atoms with Gasteiger partial charge in [0.25, 0.3) is 5.91 Å². The summed E-state index contributed by atoms with van der Waals surface area (Å²) in [5, 5.41) is 3.45. The number of rotatable bonds is 4. The highest BCUT2D eigenvalue weighted by atomic mass is 16.2. The Morgan fingerprint density at radius 3 is 2.68 bits per heavy atom. The molecule has 0 radical (unpaired) electrons. The van der Waals surface area contributed by atoms with Crippen LogP contribution in [0.2, 0.25) is 0 Å². The predicted octanol–water partition coefficient (Wildman–Crippen LogP) is 2.46. The molecule has 1 amide bonds. The van der Waals surface area contributed by atoms with Crippen molar-refractivity contribution in [1.82, 2.24) is 10.2 Å². The number of carbonyl (C=O) groups excluding carboxylic acids is 1. The summed E-state index contributed by atoms with van der Waals surface area (Å²) in [6.07, 6.45) is 3.28. The zero-order valence-electron chi connectivity index (χ0n) is 12.0. The molecule has 1 atom stereocenters. The van der Waals surface area contributed by atoms with Crippen LogP contribution in [-0.4, -0.2) is 36.5 Å². The van der Waals surface area contributed by atoms with Crippen molar-refractivity contribution >= 4 is 5.91 Å². The van der Waals surface area contributed by atoms with Gasteiger partial charge in [-0.3, -0.25) is 4.79 Å². The van der Waals surface area contributed by atoms with E-state index in [-0.39, 0.29) is 5.91 Å². The Balaban J connectivity index is 2.01. The molecule has 1 fully saturated rings. The molecule has 1 heterocycles. The van der Waals surface area contributed by atoms with Gasteiger partial charge in [0.1, 0.15) is 0 Å². The van der Waals surface area contributed by atoms with Crippen LogP contribution in [0.5, 0.6) is 0 Å². The van der Waals surface area contributed by atoms with Crippen LogP contribution in [0.4, 0.5) is 0 Å². The molecule has 1 aromatic rings. The normalized spacial score (nSPS) is 19.5. The van der Waals surface area contributed by atoms with Gasteiger partial charge in [-0.1, -0.05) is 26.0 Å². The smallest absolute Gasteiger partial charge is 0.253 e. The van der Waals surface area contributed by atoms with Crippen molar-refractivity contribution in [1.29, 1.82) is 0 Å². The highest BCUT2D eigenvalue weighted by Crippen LogP contribution is 2.14. The molecule has 0 aliphatic carbocycles. The Morgan fingerprint density at radius 1 is 1.32 bits per heavy atom. The maximum absolute atomic E-state index is 12.4. The number of nitrogens with one attached hydrogen (secondary N) is 1. The lowest BCUT2D eigenvalue weighted by molar-refractivity contribution is 0.0695. The van der Waals surface area contributed by atoms with Gasteiger partial charge in [0.2, 0.25) is 0 Å². The quantitative estimate of drug-likeness (QED) is 0.902. The summed E-state index contributed by atoms with van der Waals surface area (Å²) in [4.78, 5) is 14.4. The Hall–Kier alpha value is -1.35. The first kappa shape index (κ1) is 14.1. The molecule has 1 aliphatic rings. The molecular formula is C16H24N2O. The Labute approximate surface area is 116 Å². The third-order valence-electron chi connectivity index (χ3n) is 3.81. The van der Waals surface area contributed by atoms with Crippen LogP contribution in [0.15, 0.2) is 24.3 Å². The number of hydrogen-bond donors (Lipinski definition) is 1. The zero-order valence-corrected chi connectivity index (χ0v) is 12.0. The molecule has 0 bridgehead atoms. The van der Waals surface area contributed by atoms with Gasteiger partial charge in [0.15, 0.2) is 0 Å². The summed E-state index contributed by atoms with van der Waals surface area (Å²) >= 11 is 0. The minimum atomic E-state index is 0.172. The van der Waals surface area contributed by atoms with E-state index in [0.717, 1.165) is 38.0 Å². The van der Waals surface area contributed by atoms with Gasteiger partial charge in [-0.2, -0.15) is 0 Å². The highest BCUT2D eigenvalue weighted by molar-refractivity contribution is 5.94. The molecule has 19 heavy (non-hydrogen) atoms. The third kappa shape index (κ3) is 3.57. The molecule has 0 saturated carbocycles. The van der Waals surface area contributed by atoms with Crippen molar-refractivity contribution in [2.45, 2.75) is 39.2 Å². The van der Waals surface area contributed by atoms with Gasteiger partial charge in [0.05, 0.1) is 0 Å². The molecule has 1 aromatic carbocycles. The van der Waals surface area contributed by atoms with E-state index < -0.39 is 0 Å². The SMILES string of the molecule is CCNC1CCCN(C(=O)c2ccc(CC)cc2)C1. The van der Waals surface area contributed by atoms with E-state index in [2.05, 4.69) is 31.3 Å². The standard InChI is InChI=1S/C16H24N2O/c1-3-13-7-9-14(10-8-13)16(19)18-11-5-6-15(12-18)17-4-2/h7-10,15,17H,3-6,11-12H2,1-2H3. The number of piperidine rings is 1. The van der Waals surface area contributed by atoms with Crippen LogP contribution in [0.25, 0.3) is 0 Å². The van der Waals surface area contributed by atoms with E-state index in [0.29, 0.717) is 6.04 Å². The molecule has 104 valence electrons. The first-order valence-corrected chi connectivity index (χ1v) is 7.36. The van der Waals surface area contributed by atoms with Gasteiger partial charge in [-0.25, -0.2) is 0 Å². The van der Waals surface area contributed by atoms with Crippen molar-refractivity contribution < 1.29 is 4.79 Å². The van der Waals surface area contributed by atoms with Crippen molar-refractivity contribution in [3.63, 3.8) is 0 Å². The lowest BCUT2D eigenvalue weighted by Gasteiger charge is -2.33. The molecule has 3 nitrogen and oxygen atoms in total. The van der Waals surface area contributed by atoms with Gasteiger partial charge in [-0.05, 0) is 43.5 Å². The number of amides is 1. The van der Waals surface area contributed by atoms with Gasteiger partial charge >= 0.3 is 0 Å². The lowest BCUT2D eigenvalue weighted by atomic mass is 10.0. The van der Waals surface area contributed by atoms with Gasteiger partial charge < -0.3 is 10.2 Å². The largest absolute Gasteiger partial charge is 0.337 e. The Morgan fingerprint density at radius 2 is 2.05 bits per heavy atom. The maximum Gasteiger partial charge on any atom is 0.253 e. The number of hydrogen-bond acceptors (Lipinski definition) is 2. The molecule has 1 saturated heterocycles. The number of carbonyl (C=O) groups is 1. The van der Waals surface area contributed by atoms with Crippen molar-refractivity contribution in [3.8, 4) is 0 Å². The number of likely N-dealkylation sites (tertiary alicyclic amines) is 1. The van der Waals surface area contributed by atoms with E-state index in [1.165, 1.54) is 12.0 Å². The average Bonchev–Trinajstić information content (AvgIpc) is 2.47. The molecule has 2 rings (SSSR count). The van der Waals surface area contributed by atoms with Crippen LogP contribution < -0.4 is 5.32 Å². The fourth-order valence-electron chi connectivity index (χ4n) is 2.68. The first-order valence-electron chi connectivity index (χ1n) is 7.36. The summed E-state index contributed by atoms with van der Waals surface area (Å²) < 4.78 is 0. The molecule has 1 aliphatic heterocycles. The maximum atomic E-state index is 12.4. The van der Waals surface area contributed by atoms with E-state index in [4.69, 9.17) is 0 Å². The van der Waals surface area contributed by atoms with Crippen LogP contribution in [0.1, 0.15) is 42.6 Å². The van der Waals surface area contributed by atoms with Gasteiger partial charge in [0, 0.05) is 24.7 Å². The summed E-state index contributed by atoms with van der Waals surface area (Å²) in [6.45, 7) is 6.93. The van der Waals surface area contributed by atoms with E-state index in [1.54, 1.807) is 0 Å².